The highest BCUT2D eigenvalue weighted by Crippen LogP contribution is 2.24. The van der Waals surface area contributed by atoms with Crippen LogP contribution in [-0.2, 0) is 16.0 Å². The zero-order valence-electron chi connectivity index (χ0n) is 18.0. The van der Waals surface area contributed by atoms with Crippen molar-refractivity contribution in [2.45, 2.75) is 45.4 Å². The lowest BCUT2D eigenvalue weighted by Crippen LogP contribution is -2.38. The van der Waals surface area contributed by atoms with Gasteiger partial charge >= 0.3 is 0 Å². The number of rotatable bonds is 6. The third-order valence-corrected chi connectivity index (χ3v) is 6.46. The quantitative estimate of drug-likeness (QED) is 0.760. The number of ether oxygens (including phenoxy) is 2. The van der Waals surface area contributed by atoms with E-state index in [1.54, 1.807) is 13.0 Å². The second-order valence-electron chi connectivity index (χ2n) is 8.67. The Bertz CT molecular complexity index is 979. The van der Waals surface area contributed by atoms with Crippen LogP contribution >= 0.6 is 0 Å². The molecule has 31 heavy (non-hydrogen) atoms. The van der Waals surface area contributed by atoms with Gasteiger partial charge in [-0.25, -0.2) is 9.37 Å². The number of aromatic nitrogens is 2. The molecule has 0 atom stereocenters. The highest BCUT2D eigenvalue weighted by atomic mass is 19.1. The number of benzene rings is 1. The minimum atomic E-state index is -0.622. The molecule has 0 bridgehead atoms. The van der Waals surface area contributed by atoms with E-state index in [9.17, 15) is 14.0 Å². The highest BCUT2D eigenvalue weighted by Gasteiger charge is 2.22. The van der Waals surface area contributed by atoms with Crippen LogP contribution in [0.4, 0.5) is 4.39 Å². The molecule has 1 aromatic carbocycles. The first-order valence-electron chi connectivity index (χ1n) is 11.2. The van der Waals surface area contributed by atoms with Gasteiger partial charge in [0.2, 0.25) is 5.91 Å². The van der Waals surface area contributed by atoms with Crippen molar-refractivity contribution in [2.75, 3.05) is 32.9 Å². The molecule has 2 saturated heterocycles. The first-order chi connectivity index (χ1) is 15.0. The molecule has 4 rings (SSSR count). The van der Waals surface area contributed by atoms with Gasteiger partial charge in [-0.3, -0.25) is 9.59 Å². The van der Waals surface area contributed by atoms with E-state index in [1.165, 1.54) is 6.07 Å². The van der Waals surface area contributed by atoms with Crippen LogP contribution in [0.3, 0.4) is 0 Å². The summed E-state index contributed by atoms with van der Waals surface area (Å²) < 4.78 is 25.9. The Hall–Kier alpha value is -2.48. The molecule has 1 N–H and O–H groups in total. The van der Waals surface area contributed by atoms with Gasteiger partial charge in [-0.15, -0.1) is 0 Å². The zero-order chi connectivity index (χ0) is 21.8. The Morgan fingerprint density at radius 3 is 2.68 bits per heavy atom. The minimum Gasteiger partial charge on any atom is -0.493 e. The maximum absolute atomic E-state index is 14.6. The van der Waals surface area contributed by atoms with Crippen molar-refractivity contribution >= 4 is 16.8 Å². The third-order valence-electron chi connectivity index (χ3n) is 6.46. The number of fused-ring (bicyclic) bond motifs is 1. The van der Waals surface area contributed by atoms with Gasteiger partial charge < -0.3 is 19.4 Å². The molecule has 0 spiro atoms. The molecule has 2 aliphatic heterocycles. The highest BCUT2D eigenvalue weighted by molar-refractivity contribution is 5.79. The van der Waals surface area contributed by atoms with Gasteiger partial charge in [-0.05, 0) is 43.9 Å². The van der Waals surface area contributed by atoms with Crippen molar-refractivity contribution in [3.8, 4) is 5.75 Å². The second kappa shape index (κ2) is 9.77. The zero-order valence-corrected chi connectivity index (χ0v) is 18.0. The van der Waals surface area contributed by atoms with Gasteiger partial charge in [0, 0.05) is 51.8 Å². The lowest BCUT2D eigenvalue weighted by Gasteiger charge is -2.31. The largest absolute Gasteiger partial charge is 0.493 e. The van der Waals surface area contributed by atoms with Crippen molar-refractivity contribution in [3.63, 3.8) is 0 Å². The molecular formula is C23H30FN3O4. The minimum absolute atomic E-state index is 0.0306. The van der Waals surface area contributed by atoms with Crippen LogP contribution in [0.15, 0.2) is 16.9 Å². The van der Waals surface area contributed by atoms with Crippen molar-refractivity contribution in [1.29, 1.82) is 0 Å². The molecule has 2 fully saturated rings. The van der Waals surface area contributed by atoms with Crippen LogP contribution in [0.2, 0.25) is 0 Å². The molecule has 8 heteroatoms. The summed E-state index contributed by atoms with van der Waals surface area (Å²) in [4.78, 5) is 33.0. The van der Waals surface area contributed by atoms with E-state index in [2.05, 4.69) is 9.97 Å². The van der Waals surface area contributed by atoms with Gasteiger partial charge in [0.25, 0.3) is 5.56 Å². The van der Waals surface area contributed by atoms with Crippen LogP contribution in [0.25, 0.3) is 10.9 Å². The molecule has 1 aromatic heterocycles. The average molecular weight is 432 g/mol. The number of hydrogen-bond donors (Lipinski definition) is 1. The van der Waals surface area contributed by atoms with Crippen LogP contribution in [0.1, 0.15) is 44.9 Å². The standard InChI is InChI=1S/C23H30FN3O4/c1-15(28)27-8-4-17(5-9-27)14-31-18-12-19(24)22-20(13-18)25-21(26-23(22)29)3-2-16-6-10-30-11-7-16/h12-13,16-17H,2-11,14H2,1H3,(H,25,26,29). The molecule has 0 radical (unpaired) electrons. The number of nitrogens with zero attached hydrogens (tertiary/aromatic N) is 2. The van der Waals surface area contributed by atoms with E-state index in [1.807, 2.05) is 4.90 Å². The molecular weight excluding hydrogens is 401 g/mol. The SMILES string of the molecule is CC(=O)N1CCC(COc2cc(F)c3c(=O)[nH]c(CCC4CCOCC4)nc3c2)CC1. The first-order valence-corrected chi connectivity index (χ1v) is 11.2. The summed E-state index contributed by atoms with van der Waals surface area (Å²) in [5, 5.41) is -0.0306. The van der Waals surface area contributed by atoms with Crippen LogP contribution < -0.4 is 10.3 Å². The summed E-state index contributed by atoms with van der Waals surface area (Å²) in [6.07, 6.45) is 5.35. The molecule has 2 aromatic rings. The topological polar surface area (TPSA) is 84.5 Å². The molecule has 0 saturated carbocycles. The van der Waals surface area contributed by atoms with Crippen LogP contribution in [0.5, 0.6) is 5.75 Å². The number of aromatic amines is 1. The summed E-state index contributed by atoms with van der Waals surface area (Å²) in [6, 6.07) is 2.90. The van der Waals surface area contributed by atoms with Crippen molar-refractivity contribution in [3.05, 3.63) is 34.1 Å². The smallest absolute Gasteiger partial charge is 0.261 e. The van der Waals surface area contributed by atoms with Gasteiger partial charge in [-0.1, -0.05) is 0 Å². The maximum Gasteiger partial charge on any atom is 0.261 e. The number of aryl methyl sites for hydroxylation is 1. The Morgan fingerprint density at radius 1 is 1.23 bits per heavy atom. The lowest BCUT2D eigenvalue weighted by molar-refractivity contribution is -0.130. The first kappa shape index (κ1) is 21.7. The number of hydrogen-bond acceptors (Lipinski definition) is 5. The molecule has 7 nitrogen and oxygen atoms in total. The van der Waals surface area contributed by atoms with Crippen molar-refractivity contribution < 1.29 is 18.7 Å². The third kappa shape index (κ3) is 5.42. The van der Waals surface area contributed by atoms with Crippen molar-refractivity contribution in [1.82, 2.24) is 14.9 Å². The van der Waals surface area contributed by atoms with E-state index in [0.29, 0.717) is 42.0 Å². The number of likely N-dealkylation sites (tertiary alicyclic amines) is 1. The fraction of sp³-hybridized carbons (Fsp3) is 0.609. The van der Waals surface area contributed by atoms with Crippen LogP contribution in [-0.4, -0.2) is 53.7 Å². The monoisotopic (exact) mass is 431 g/mol. The predicted molar refractivity (Wildman–Crippen MR) is 115 cm³/mol. The fourth-order valence-electron chi connectivity index (χ4n) is 4.45. The summed E-state index contributed by atoms with van der Waals surface area (Å²) in [5.41, 5.74) is -0.125. The Balaban J connectivity index is 1.42. The number of H-pyrrole nitrogens is 1. The summed E-state index contributed by atoms with van der Waals surface area (Å²) in [5.74, 6) is 1.32. The summed E-state index contributed by atoms with van der Waals surface area (Å²) in [6.45, 7) is 5.06. The molecule has 168 valence electrons. The van der Waals surface area contributed by atoms with Gasteiger partial charge in [-0.2, -0.15) is 0 Å². The van der Waals surface area contributed by atoms with Gasteiger partial charge in [0.15, 0.2) is 0 Å². The van der Waals surface area contributed by atoms with Crippen LogP contribution in [0, 0.1) is 17.7 Å². The lowest BCUT2D eigenvalue weighted by atomic mass is 9.95. The van der Waals surface area contributed by atoms with Gasteiger partial charge in [0.05, 0.1) is 12.1 Å². The molecule has 0 unspecified atom stereocenters. The summed E-state index contributed by atoms with van der Waals surface area (Å²) >= 11 is 0. The second-order valence-corrected chi connectivity index (χ2v) is 8.67. The fourth-order valence-corrected chi connectivity index (χ4v) is 4.45. The number of piperidine rings is 1. The Morgan fingerprint density at radius 2 is 1.97 bits per heavy atom. The molecule has 2 aliphatic rings. The van der Waals surface area contributed by atoms with E-state index in [4.69, 9.17) is 9.47 Å². The number of carbonyl (C=O) groups is 1. The normalized spacial score (nSPS) is 18.5. The van der Waals surface area contributed by atoms with E-state index >= 15 is 0 Å². The van der Waals surface area contributed by atoms with Gasteiger partial charge in [0.1, 0.15) is 22.8 Å². The van der Waals surface area contributed by atoms with E-state index in [-0.39, 0.29) is 11.3 Å². The number of nitrogens with one attached hydrogen (secondary N) is 1. The van der Waals surface area contributed by atoms with E-state index in [0.717, 1.165) is 58.4 Å². The predicted octanol–water partition coefficient (Wildman–Crippen LogP) is 3.06. The maximum atomic E-state index is 14.6. The molecule has 1 amide bonds. The molecule has 0 aliphatic carbocycles. The summed E-state index contributed by atoms with van der Waals surface area (Å²) in [7, 11) is 0. The Kier molecular flexibility index (Phi) is 6.85. The number of carbonyl (C=O) groups excluding carboxylic acids is 1. The molecule has 3 heterocycles. The van der Waals surface area contributed by atoms with Crippen molar-refractivity contribution in [2.24, 2.45) is 11.8 Å². The number of halogens is 1. The number of amides is 1. The average Bonchev–Trinajstić information content (AvgIpc) is 2.77. The van der Waals surface area contributed by atoms with E-state index < -0.39 is 11.4 Å². The Labute approximate surface area is 180 Å².